The highest BCUT2D eigenvalue weighted by Gasteiger charge is 2.37. The Balaban J connectivity index is 1.55. The van der Waals surface area contributed by atoms with Crippen molar-refractivity contribution in [2.45, 2.75) is 58.3 Å². The van der Waals surface area contributed by atoms with E-state index in [0.717, 1.165) is 48.5 Å². The number of rotatable bonds is 11. The fourth-order valence-electron chi connectivity index (χ4n) is 4.66. The van der Waals surface area contributed by atoms with Gasteiger partial charge < -0.3 is 18.5 Å². The van der Waals surface area contributed by atoms with E-state index in [-0.39, 0.29) is 18.6 Å². The van der Waals surface area contributed by atoms with Crippen molar-refractivity contribution in [2.24, 2.45) is 5.92 Å². The van der Waals surface area contributed by atoms with E-state index in [2.05, 4.69) is 38.6 Å². The lowest BCUT2D eigenvalue weighted by molar-refractivity contribution is 0.0983. The summed E-state index contributed by atoms with van der Waals surface area (Å²) < 4.78 is 29.5. The number of hydrogen-bond acceptors (Lipinski definition) is 5. The van der Waals surface area contributed by atoms with Gasteiger partial charge in [-0.2, -0.15) is 0 Å². The highest BCUT2D eigenvalue weighted by molar-refractivity contribution is 7.42. The van der Waals surface area contributed by atoms with Crippen LogP contribution in [-0.4, -0.2) is 13.9 Å². The van der Waals surface area contributed by atoms with Crippen molar-refractivity contribution in [3.8, 4) is 17.2 Å². The summed E-state index contributed by atoms with van der Waals surface area (Å²) in [7, 11) is 0.000298. The van der Waals surface area contributed by atoms with Gasteiger partial charge in [0.15, 0.2) is 6.79 Å². The van der Waals surface area contributed by atoms with Gasteiger partial charge in [-0.15, -0.1) is 0 Å². The third-order valence-corrected chi connectivity index (χ3v) is 7.39. The van der Waals surface area contributed by atoms with Gasteiger partial charge in [0, 0.05) is 24.5 Å². The molecule has 0 N–H and O–H groups in total. The van der Waals surface area contributed by atoms with Crippen molar-refractivity contribution in [3.63, 3.8) is 0 Å². The monoisotopic (exact) mass is 482 g/mol. The summed E-state index contributed by atoms with van der Waals surface area (Å²) in [6.45, 7) is 8.69. The van der Waals surface area contributed by atoms with E-state index in [1.807, 2.05) is 30.3 Å². The van der Waals surface area contributed by atoms with Crippen molar-refractivity contribution in [1.82, 2.24) is 0 Å². The molecule has 0 fully saturated rings. The summed E-state index contributed by atoms with van der Waals surface area (Å²) >= 11 is 0. The molecular weight excluding hydrogens is 447 g/mol. The smallest absolute Gasteiger partial charge is 0.399 e. The zero-order chi connectivity index (χ0) is 23.9. The summed E-state index contributed by atoms with van der Waals surface area (Å²) in [6, 6.07) is 13.8. The lowest BCUT2D eigenvalue weighted by atomic mass is 9.74. The molecule has 0 aromatic heterocycles. The molecule has 6 heteroatoms. The van der Waals surface area contributed by atoms with Gasteiger partial charge in [-0.25, -0.2) is 0 Å². The number of allylic oxidation sites excluding steroid dienone is 3. The van der Waals surface area contributed by atoms with E-state index < -0.39 is 8.60 Å². The molecule has 0 saturated carbocycles. The number of ether oxygens (including phenoxy) is 2. The van der Waals surface area contributed by atoms with E-state index in [4.69, 9.17) is 23.0 Å². The second-order valence-electron chi connectivity index (χ2n) is 8.92. The van der Waals surface area contributed by atoms with Crippen molar-refractivity contribution in [1.29, 1.82) is 0 Å². The molecule has 0 saturated heterocycles. The van der Waals surface area contributed by atoms with E-state index in [1.54, 1.807) is 7.11 Å². The van der Waals surface area contributed by atoms with Crippen LogP contribution < -0.4 is 14.0 Å². The second kappa shape index (κ2) is 11.9. The fraction of sp³-hybridized carbons (Fsp3) is 0.429. The molecule has 4 rings (SSSR count). The maximum Gasteiger partial charge on any atom is 0.399 e. The lowest BCUT2D eigenvalue weighted by Crippen LogP contribution is -2.26. The van der Waals surface area contributed by atoms with Crippen LogP contribution in [0, 0.1) is 5.92 Å². The van der Waals surface area contributed by atoms with Crippen molar-refractivity contribution in [3.05, 3.63) is 77.6 Å². The Labute approximate surface area is 204 Å². The molecule has 0 radical (unpaired) electrons. The molecular formula is C28H35O5P. The Kier molecular flexibility index (Phi) is 8.66. The predicted molar refractivity (Wildman–Crippen MR) is 136 cm³/mol. The van der Waals surface area contributed by atoms with Crippen molar-refractivity contribution in [2.75, 3.05) is 13.9 Å². The first-order chi connectivity index (χ1) is 16.6. The van der Waals surface area contributed by atoms with Crippen LogP contribution in [0.5, 0.6) is 17.2 Å². The van der Waals surface area contributed by atoms with Crippen LogP contribution in [0.15, 0.2) is 66.5 Å². The maximum atomic E-state index is 6.26. The molecule has 1 heterocycles. The molecule has 2 aromatic carbocycles. The van der Waals surface area contributed by atoms with Crippen LogP contribution in [0.1, 0.15) is 63.0 Å². The highest BCUT2D eigenvalue weighted by atomic mass is 31.2. The van der Waals surface area contributed by atoms with E-state index in [9.17, 15) is 0 Å². The number of aryl methyl sites for hydroxylation is 1. The van der Waals surface area contributed by atoms with Crippen LogP contribution in [0.4, 0.5) is 0 Å². The Morgan fingerprint density at radius 3 is 2.74 bits per heavy atom. The molecule has 182 valence electrons. The molecule has 1 aliphatic carbocycles. The molecule has 0 amide bonds. The Bertz CT molecular complexity index is 1000. The average Bonchev–Trinajstić information content (AvgIpc) is 2.84. The Hall–Kier alpha value is -2.33. The van der Waals surface area contributed by atoms with Crippen LogP contribution in [0.2, 0.25) is 0 Å². The first kappa shape index (κ1) is 24.8. The van der Waals surface area contributed by atoms with Crippen LogP contribution in [0.25, 0.3) is 0 Å². The molecule has 5 nitrogen and oxygen atoms in total. The van der Waals surface area contributed by atoms with Gasteiger partial charge in [-0.05, 0) is 62.4 Å². The minimum atomic E-state index is -1.57. The van der Waals surface area contributed by atoms with Gasteiger partial charge in [0.25, 0.3) is 0 Å². The summed E-state index contributed by atoms with van der Waals surface area (Å²) in [5.41, 5.74) is 3.69. The lowest BCUT2D eigenvalue weighted by Gasteiger charge is -2.37. The summed E-state index contributed by atoms with van der Waals surface area (Å²) in [4.78, 5) is 0. The van der Waals surface area contributed by atoms with Crippen LogP contribution in [0.3, 0.4) is 0 Å². The topological polar surface area (TPSA) is 46.2 Å². The average molecular weight is 483 g/mol. The largest absolute Gasteiger partial charge is 0.467 e. The van der Waals surface area contributed by atoms with Gasteiger partial charge in [-0.3, -0.25) is 4.52 Å². The summed E-state index contributed by atoms with van der Waals surface area (Å²) in [5.74, 6) is 3.69. The minimum Gasteiger partial charge on any atom is -0.467 e. The normalized spacial score (nSPS) is 20.0. The first-order valence-electron chi connectivity index (χ1n) is 12.1. The first-order valence-corrected chi connectivity index (χ1v) is 13.2. The summed E-state index contributed by atoms with van der Waals surface area (Å²) in [5, 5.41) is 0. The zero-order valence-electron chi connectivity index (χ0n) is 20.4. The molecule has 1 aliphatic heterocycles. The maximum absolute atomic E-state index is 6.26. The third-order valence-electron chi connectivity index (χ3n) is 6.41. The van der Waals surface area contributed by atoms with Gasteiger partial charge in [0.05, 0.1) is 0 Å². The van der Waals surface area contributed by atoms with Crippen LogP contribution >= 0.6 is 8.60 Å². The number of hydrogen-bond donors (Lipinski definition) is 0. The van der Waals surface area contributed by atoms with Gasteiger partial charge in [0.1, 0.15) is 23.0 Å². The molecule has 0 bridgehead atoms. The molecule has 3 unspecified atom stereocenters. The summed E-state index contributed by atoms with van der Waals surface area (Å²) in [6.07, 6.45) is 8.97. The quantitative estimate of drug-likeness (QED) is 0.140. The van der Waals surface area contributed by atoms with Gasteiger partial charge in [0.2, 0.25) is 0 Å². The standard InChI is InChI=1S/C28H35O5P/c1-5-6-8-11-22-17-26(30-19-31-34(29-4)33-23-12-9-7-10-13-23)28-25-16-20(2)14-15-24(25)21(3)32-27(28)18-22/h7,9-10,12-13,16-18,24-25H,3,5-6,8,11,14-15,19H2,1-2,4H3. The van der Waals surface area contributed by atoms with Crippen molar-refractivity contribution >= 4 is 8.60 Å². The molecule has 3 atom stereocenters. The molecule has 2 aromatic rings. The Morgan fingerprint density at radius 1 is 1.15 bits per heavy atom. The minimum absolute atomic E-state index is 0.0261. The van der Waals surface area contributed by atoms with E-state index >= 15 is 0 Å². The fourth-order valence-corrected chi connectivity index (χ4v) is 5.32. The number of unbranched alkanes of at least 4 members (excludes halogenated alkanes) is 2. The second-order valence-corrected chi connectivity index (χ2v) is 10.2. The highest BCUT2D eigenvalue weighted by Crippen LogP contribution is 2.51. The van der Waals surface area contributed by atoms with Gasteiger partial charge >= 0.3 is 8.60 Å². The van der Waals surface area contributed by atoms with Crippen molar-refractivity contribution < 1.29 is 23.0 Å². The predicted octanol–water partition coefficient (Wildman–Crippen LogP) is 8.07. The number of para-hydroxylation sites is 1. The molecule has 34 heavy (non-hydrogen) atoms. The number of fused-ring (bicyclic) bond motifs is 3. The number of benzene rings is 2. The molecule has 2 aliphatic rings. The molecule has 0 spiro atoms. The Morgan fingerprint density at radius 2 is 1.97 bits per heavy atom. The third kappa shape index (κ3) is 6.02. The van der Waals surface area contributed by atoms with E-state index in [1.165, 1.54) is 24.0 Å². The SMILES string of the molecule is C=C1Oc2cc(CCCCC)cc(OCOP(OC)Oc3ccccc3)c2C2C=C(C)CCC12. The van der Waals surface area contributed by atoms with Crippen LogP contribution in [-0.2, 0) is 15.5 Å². The zero-order valence-corrected chi connectivity index (χ0v) is 21.3. The van der Waals surface area contributed by atoms with E-state index in [0.29, 0.717) is 5.75 Å². The van der Waals surface area contributed by atoms with Gasteiger partial charge in [-0.1, -0.05) is 56.2 Å².